The lowest BCUT2D eigenvalue weighted by Gasteiger charge is -2.19. The summed E-state index contributed by atoms with van der Waals surface area (Å²) < 4.78 is 0. The van der Waals surface area contributed by atoms with Gasteiger partial charge in [-0.05, 0) is 17.2 Å². The van der Waals surface area contributed by atoms with Gasteiger partial charge in [-0.3, -0.25) is 4.79 Å². The molecule has 25 heavy (non-hydrogen) atoms. The largest absolute Gasteiger partial charge is 0.508 e. The van der Waals surface area contributed by atoms with Crippen LogP contribution in [0, 0.1) is 0 Å². The number of carbonyl (C=O) groups excluding carboxylic acids is 1. The summed E-state index contributed by atoms with van der Waals surface area (Å²) in [7, 11) is 0. The first-order chi connectivity index (χ1) is 12.2. The summed E-state index contributed by atoms with van der Waals surface area (Å²) in [6, 6.07) is 26.9. The van der Waals surface area contributed by atoms with Gasteiger partial charge in [-0.15, -0.1) is 0 Å². The van der Waals surface area contributed by atoms with Crippen molar-refractivity contribution in [1.29, 1.82) is 0 Å². The maximum atomic E-state index is 12.5. The van der Waals surface area contributed by atoms with E-state index in [2.05, 4.69) is 5.32 Å². The SMILES string of the molecule is O=C(C[C@@H](c1ccccc1)c1ccccc1O)NCc1ccccc1. The van der Waals surface area contributed by atoms with Crippen molar-refractivity contribution in [3.63, 3.8) is 0 Å². The fourth-order valence-electron chi connectivity index (χ4n) is 2.93. The smallest absolute Gasteiger partial charge is 0.221 e. The third-order valence-corrected chi connectivity index (χ3v) is 4.24. The van der Waals surface area contributed by atoms with E-state index >= 15 is 0 Å². The molecule has 0 heterocycles. The maximum absolute atomic E-state index is 12.5. The second kappa shape index (κ2) is 8.15. The topological polar surface area (TPSA) is 49.3 Å². The van der Waals surface area contributed by atoms with Gasteiger partial charge in [0.25, 0.3) is 0 Å². The summed E-state index contributed by atoms with van der Waals surface area (Å²) in [5.41, 5.74) is 2.84. The monoisotopic (exact) mass is 331 g/mol. The number of rotatable bonds is 6. The average molecular weight is 331 g/mol. The van der Waals surface area contributed by atoms with Gasteiger partial charge in [-0.1, -0.05) is 78.9 Å². The van der Waals surface area contributed by atoms with Crippen LogP contribution >= 0.6 is 0 Å². The Hall–Kier alpha value is -3.07. The summed E-state index contributed by atoms with van der Waals surface area (Å²) in [4.78, 5) is 12.5. The van der Waals surface area contributed by atoms with Crippen LogP contribution in [0.2, 0.25) is 0 Å². The zero-order valence-corrected chi connectivity index (χ0v) is 13.9. The molecule has 0 saturated carbocycles. The lowest BCUT2D eigenvalue weighted by Crippen LogP contribution is -2.25. The van der Waals surface area contributed by atoms with Gasteiger partial charge in [-0.2, -0.15) is 0 Å². The third-order valence-electron chi connectivity index (χ3n) is 4.24. The van der Waals surface area contributed by atoms with Crippen LogP contribution < -0.4 is 5.32 Å². The van der Waals surface area contributed by atoms with Gasteiger partial charge in [0.05, 0.1) is 0 Å². The van der Waals surface area contributed by atoms with Crippen LogP contribution in [0.5, 0.6) is 5.75 Å². The highest BCUT2D eigenvalue weighted by molar-refractivity contribution is 5.77. The van der Waals surface area contributed by atoms with Crippen LogP contribution in [-0.4, -0.2) is 11.0 Å². The molecule has 1 atom stereocenters. The lowest BCUT2D eigenvalue weighted by molar-refractivity contribution is -0.121. The number of hydrogen-bond acceptors (Lipinski definition) is 2. The van der Waals surface area contributed by atoms with Crippen LogP contribution in [0.1, 0.15) is 29.0 Å². The van der Waals surface area contributed by atoms with Gasteiger partial charge in [0.15, 0.2) is 0 Å². The minimum atomic E-state index is -0.182. The number of phenols is 1. The van der Waals surface area contributed by atoms with Crippen LogP contribution in [0.25, 0.3) is 0 Å². The van der Waals surface area contributed by atoms with Crippen LogP contribution in [0.15, 0.2) is 84.9 Å². The number of para-hydroxylation sites is 1. The Bertz CT molecular complexity index is 816. The molecule has 0 aliphatic rings. The maximum Gasteiger partial charge on any atom is 0.221 e. The number of nitrogens with one attached hydrogen (secondary N) is 1. The fourth-order valence-corrected chi connectivity index (χ4v) is 2.93. The number of aromatic hydroxyl groups is 1. The molecule has 3 nitrogen and oxygen atoms in total. The molecule has 3 aromatic carbocycles. The highest BCUT2D eigenvalue weighted by atomic mass is 16.3. The molecule has 3 rings (SSSR count). The molecule has 0 aliphatic carbocycles. The van der Waals surface area contributed by atoms with E-state index < -0.39 is 0 Å². The summed E-state index contributed by atoms with van der Waals surface area (Å²) in [6.07, 6.45) is 0.286. The quantitative estimate of drug-likeness (QED) is 0.710. The van der Waals surface area contributed by atoms with Gasteiger partial charge in [0.1, 0.15) is 5.75 Å². The summed E-state index contributed by atoms with van der Waals surface area (Å²) in [5.74, 6) is -0.00801. The van der Waals surface area contributed by atoms with Crippen molar-refractivity contribution >= 4 is 5.91 Å². The fraction of sp³-hybridized carbons (Fsp3) is 0.136. The van der Waals surface area contributed by atoms with Crippen LogP contribution in [-0.2, 0) is 11.3 Å². The Balaban J connectivity index is 1.76. The summed E-state index contributed by atoms with van der Waals surface area (Å²) in [5, 5.41) is 13.2. The molecule has 126 valence electrons. The van der Waals surface area contributed by atoms with Crippen LogP contribution in [0.4, 0.5) is 0 Å². The number of phenolic OH excluding ortho intramolecular Hbond substituents is 1. The normalized spacial score (nSPS) is 11.7. The first-order valence-electron chi connectivity index (χ1n) is 8.37. The molecule has 0 aromatic heterocycles. The second-order valence-corrected chi connectivity index (χ2v) is 5.99. The predicted molar refractivity (Wildman–Crippen MR) is 99.3 cm³/mol. The van der Waals surface area contributed by atoms with Gasteiger partial charge < -0.3 is 10.4 Å². The van der Waals surface area contributed by atoms with E-state index in [1.54, 1.807) is 12.1 Å². The lowest BCUT2D eigenvalue weighted by atomic mass is 9.87. The molecule has 0 unspecified atom stereocenters. The molecule has 0 radical (unpaired) electrons. The second-order valence-electron chi connectivity index (χ2n) is 5.99. The Morgan fingerprint density at radius 3 is 2.12 bits per heavy atom. The standard InChI is InChI=1S/C22H21NO2/c24-21-14-8-7-13-19(21)20(18-11-5-2-6-12-18)15-22(25)23-16-17-9-3-1-4-10-17/h1-14,20,24H,15-16H2,(H,23,25)/t20-/m0/s1. The van der Waals surface area contributed by atoms with Gasteiger partial charge in [0.2, 0.25) is 5.91 Å². The molecule has 0 aliphatic heterocycles. The third kappa shape index (κ3) is 4.48. The van der Waals surface area contributed by atoms with E-state index in [0.29, 0.717) is 6.54 Å². The Kier molecular flexibility index (Phi) is 5.47. The molecule has 3 aromatic rings. The molecular formula is C22H21NO2. The van der Waals surface area contributed by atoms with Crippen molar-refractivity contribution in [1.82, 2.24) is 5.32 Å². The number of benzene rings is 3. The zero-order chi connectivity index (χ0) is 17.5. The van der Waals surface area contributed by atoms with E-state index in [9.17, 15) is 9.90 Å². The zero-order valence-electron chi connectivity index (χ0n) is 13.9. The molecule has 3 heteroatoms. The molecule has 0 fully saturated rings. The van der Waals surface area contributed by atoms with Gasteiger partial charge in [0, 0.05) is 24.4 Å². The molecule has 0 saturated heterocycles. The minimum absolute atomic E-state index is 0.0408. The Labute approximate surface area is 148 Å². The van der Waals surface area contributed by atoms with Crippen molar-refractivity contribution < 1.29 is 9.90 Å². The molecule has 2 N–H and O–H groups in total. The number of amides is 1. The van der Waals surface area contributed by atoms with E-state index in [1.165, 1.54) is 0 Å². The highest BCUT2D eigenvalue weighted by Gasteiger charge is 2.20. The molecule has 0 bridgehead atoms. The van der Waals surface area contributed by atoms with Crippen molar-refractivity contribution in [2.45, 2.75) is 18.9 Å². The Morgan fingerprint density at radius 2 is 1.44 bits per heavy atom. The molecule has 1 amide bonds. The minimum Gasteiger partial charge on any atom is -0.508 e. The van der Waals surface area contributed by atoms with E-state index in [4.69, 9.17) is 0 Å². The van der Waals surface area contributed by atoms with E-state index in [0.717, 1.165) is 16.7 Å². The number of carbonyl (C=O) groups is 1. The molecule has 0 spiro atoms. The average Bonchev–Trinajstić information content (AvgIpc) is 2.67. The van der Waals surface area contributed by atoms with E-state index in [1.807, 2.05) is 72.8 Å². The first kappa shape index (κ1) is 16.8. The van der Waals surface area contributed by atoms with Gasteiger partial charge in [-0.25, -0.2) is 0 Å². The summed E-state index contributed by atoms with van der Waals surface area (Å²) >= 11 is 0. The predicted octanol–water partition coefficient (Wildman–Crippen LogP) is 4.23. The number of hydrogen-bond donors (Lipinski definition) is 2. The Morgan fingerprint density at radius 1 is 0.840 bits per heavy atom. The van der Waals surface area contributed by atoms with Gasteiger partial charge >= 0.3 is 0 Å². The van der Waals surface area contributed by atoms with Crippen molar-refractivity contribution in [3.8, 4) is 5.75 Å². The van der Waals surface area contributed by atoms with Crippen LogP contribution in [0.3, 0.4) is 0 Å². The van der Waals surface area contributed by atoms with E-state index in [-0.39, 0.29) is 24.0 Å². The first-order valence-corrected chi connectivity index (χ1v) is 8.37. The summed E-state index contributed by atoms with van der Waals surface area (Å²) in [6.45, 7) is 0.502. The van der Waals surface area contributed by atoms with Crippen molar-refractivity contribution in [3.05, 3.63) is 102 Å². The van der Waals surface area contributed by atoms with Crippen molar-refractivity contribution in [2.24, 2.45) is 0 Å². The highest BCUT2D eigenvalue weighted by Crippen LogP contribution is 2.33. The molecular weight excluding hydrogens is 310 g/mol. The van der Waals surface area contributed by atoms with Crippen molar-refractivity contribution in [2.75, 3.05) is 0 Å².